The minimum Gasteiger partial charge on any atom is -0.462 e. The Labute approximate surface area is 133 Å². The number of rotatable bonds is 5. The molecule has 0 atom stereocenters. The van der Waals surface area contributed by atoms with Gasteiger partial charge in [-0.05, 0) is 43.4 Å². The molecule has 4 nitrogen and oxygen atoms in total. The zero-order chi connectivity index (χ0) is 16.2. The molecule has 122 valence electrons. The van der Waals surface area contributed by atoms with Crippen molar-refractivity contribution in [3.05, 3.63) is 35.4 Å². The first-order chi connectivity index (χ1) is 10.4. The molecule has 1 aliphatic heterocycles. The van der Waals surface area contributed by atoms with Crippen LogP contribution in [0.1, 0.15) is 49.5 Å². The number of nitrogens with zero attached hydrogens (tertiary/aromatic N) is 1. The number of hydrogen-bond acceptors (Lipinski definition) is 4. The van der Waals surface area contributed by atoms with Gasteiger partial charge in [0, 0.05) is 19.6 Å². The van der Waals surface area contributed by atoms with E-state index in [1.54, 1.807) is 19.1 Å². The van der Waals surface area contributed by atoms with Gasteiger partial charge < -0.3 is 14.7 Å². The standard InChI is InChI=1S/C18H27NO3/c1-4-22-17(20)15-5-7-16(8-6-15)18(21)9-11-19(12-10-18)13-14(2)3/h5-8,14,21H,4,9-13H2,1-3H3. The Morgan fingerprint density at radius 2 is 1.86 bits per heavy atom. The fourth-order valence-corrected chi connectivity index (χ4v) is 3.04. The Morgan fingerprint density at radius 3 is 2.36 bits per heavy atom. The van der Waals surface area contributed by atoms with E-state index in [0.29, 0.717) is 18.1 Å². The Morgan fingerprint density at radius 1 is 1.27 bits per heavy atom. The molecule has 1 saturated heterocycles. The van der Waals surface area contributed by atoms with Gasteiger partial charge in [0.25, 0.3) is 0 Å². The highest BCUT2D eigenvalue weighted by molar-refractivity contribution is 5.89. The second kappa shape index (κ2) is 7.25. The highest BCUT2D eigenvalue weighted by atomic mass is 16.5. The third-order valence-corrected chi connectivity index (χ3v) is 4.24. The van der Waals surface area contributed by atoms with Crippen LogP contribution in [0.25, 0.3) is 0 Å². The Kier molecular flexibility index (Phi) is 5.59. The molecular weight excluding hydrogens is 278 g/mol. The van der Waals surface area contributed by atoms with Gasteiger partial charge in [-0.25, -0.2) is 4.79 Å². The maximum Gasteiger partial charge on any atom is 0.338 e. The van der Waals surface area contributed by atoms with Gasteiger partial charge >= 0.3 is 5.97 Å². The van der Waals surface area contributed by atoms with Crippen LogP contribution in [-0.4, -0.2) is 42.2 Å². The second-order valence-corrected chi connectivity index (χ2v) is 6.52. The molecule has 1 heterocycles. The normalized spacial score (nSPS) is 18.4. The first-order valence-electron chi connectivity index (χ1n) is 8.17. The smallest absolute Gasteiger partial charge is 0.338 e. The molecule has 0 aliphatic carbocycles. The number of ether oxygens (including phenoxy) is 1. The summed E-state index contributed by atoms with van der Waals surface area (Å²) < 4.78 is 4.98. The van der Waals surface area contributed by atoms with Gasteiger partial charge in [-0.1, -0.05) is 26.0 Å². The van der Waals surface area contributed by atoms with E-state index in [0.717, 1.165) is 38.0 Å². The molecule has 1 aliphatic rings. The number of carbonyl (C=O) groups excluding carboxylic acids is 1. The molecule has 2 rings (SSSR count). The summed E-state index contributed by atoms with van der Waals surface area (Å²) in [5, 5.41) is 10.9. The third kappa shape index (κ3) is 4.08. The van der Waals surface area contributed by atoms with E-state index < -0.39 is 5.60 Å². The van der Waals surface area contributed by atoms with Gasteiger partial charge in [0.2, 0.25) is 0 Å². The van der Waals surface area contributed by atoms with Crippen LogP contribution >= 0.6 is 0 Å². The molecule has 0 bridgehead atoms. The van der Waals surface area contributed by atoms with E-state index in [1.807, 2.05) is 12.1 Å². The van der Waals surface area contributed by atoms with Gasteiger partial charge in [-0.15, -0.1) is 0 Å². The summed E-state index contributed by atoms with van der Waals surface area (Å²) in [5.41, 5.74) is 0.650. The first kappa shape index (κ1) is 17.0. The van der Waals surface area contributed by atoms with Crippen LogP contribution in [-0.2, 0) is 10.3 Å². The number of piperidine rings is 1. The number of benzene rings is 1. The predicted octanol–water partition coefficient (Wildman–Crippen LogP) is 2.80. The van der Waals surface area contributed by atoms with E-state index in [2.05, 4.69) is 18.7 Å². The summed E-state index contributed by atoms with van der Waals surface area (Å²) in [6, 6.07) is 7.19. The number of esters is 1. The third-order valence-electron chi connectivity index (χ3n) is 4.24. The summed E-state index contributed by atoms with van der Waals surface area (Å²) in [4.78, 5) is 14.1. The van der Waals surface area contributed by atoms with Crippen LogP contribution in [0, 0.1) is 5.92 Å². The molecule has 1 N–H and O–H groups in total. The lowest BCUT2D eigenvalue weighted by atomic mass is 9.84. The summed E-state index contributed by atoms with van der Waals surface area (Å²) in [6.07, 6.45) is 1.47. The van der Waals surface area contributed by atoms with Crippen molar-refractivity contribution >= 4 is 5.97 Å². The zero-order valence-electron chi connectivity index (χ0n) is 13.8. The number of hydrogen-bond donors (Lipinski definition) is 1. The quantitative estimate of drug-likeness (QED) is 0.850. The van der Waals surface area contributed by atoms with Crippen LogP contribution in [0.5, 0.6) is 0 Å². The fourth-order valence-electron chi connectivity index (χ4n) is 3.04. The van der Waals surface area contributed by atoms with Crippen molar-refractivity contribution in [1.82, 2.24) is 4.90 Å². The van der Waals surface area contributed by atoms with Crippen molar-refractivity contribution in [2.24, 2.45) is 5.92 Å². The maximum absolute atomic E-state index is 11.7. The molecule has 1 fully saturated rings. The zero-order valence-corrected chi connectivity index (χ0v) is 13.8. The van der Waals surface area contributed by atoms with Crippen molar-refractivity contribution in [2.75, 3.05) is 26.2 Å². The lowest BCUT2D eigenvalue weighted by molar-refractivity contribution is -0.0279. The Bertz CT molecular complexity index is 488. The highest BCUT2D eigenvalue weighted by Crippen LogP contribution is 2.33. The van der Waals surface area contributed by atoms with E-state index in [9.17, 15) is 9.90 Å². The number of carbonyl (C=O) groups is 1. The summed E-state index contributed by atoms with van der Waals surface area (Å²) in [7, 11) is 0. The Balaban J connectivity index is 2.01. The van der Waals surface area contributed by atoms with Crippen molar-refractivity contribution < 1.29 is 14.6 Å². The van der Waals surface area contributed by atoms with E-state index in [-0.39, 0.29) is 5.97 Å². The van der Waals surface area contributed by atoms with Crippen molar-refractivity contribution in [3.8, 4) is 0 Å². The van der Waals surface area contributed by atoms with Gasteiger partial charge in [0.15, 0.2) is 0 Å². The van der Waals surface area contributed by atoms with Gasteiger partial charge in [-0.2, -0.15) is 0 Å². The Hall–Kier alpha value is -1.39. The summed E-state index contributed by atoms with van der Waals surface area (Å²) in [6.45, 7) is 9.50. The molecule has 1 aromatic rings. The molecule has 0 aromatic heterocycles. The van der Waals surface area contributed by atoms with Crippen LogP contribution in [0.15, 0.2) is 24.3 Å². The minimum atomic E-state index is -0.777. The molecule has 1 aromatic carbocycles. The maximum atomic E-state index is 11.7. The van der Waals surface area contributed by atoms with Crippen molar-refractivity contribution in [1.29, 1.82) is 0 Å². The van der Waals surface area contributed by atoms with Crippen LogP contribution < -0.4 is 0 Å². The fraction of sp³-hybridized carbons (Fsp3) is 0.611. The van der Waals surface area contributed by atoms with Crippen LogP contribution in [0.4, 0.5) is 0 Å². The topological polar surface area (TPSA) is 49.8 Å². The molecule has 0 saturated carbocycles. The lowest BCUT2D eigenvalue weighted by Crippen LogP contribution is -2.43. The SMILES string of the molecule is CCOC(=O)c1ccc(C2(O)CCN(CC(C)C)CC2)cc1. The summed E-state index contributed by atoms with van der Waals surface area (Å²) >= 11 is 0. The lowest BCUT2D eigenvalue weighted by Gasteiger charge is -2.39. The number of aliphatic hydroxyl groups is 1. The van der Waals surface area contributed by atoms with Gasteiger partial charge in [-0.3, -0.25) is 0 Å². The molecule has 22 heavy (non-hydrogen) atoms. The molecule has 4 heteroatoms. The second-order valence-electron chi connectivity index (χ2n) is 6.52. The van der Waals surface area contributed by atoms with Gasteiger partial charge in [0.05, 0.1) is 17.8 Å². The van der Waals surface area contributed by atoms with Crippen LogP contribution in [0.2, 0.25) is 0 Å². The first-order valence-corrected chi connectivity index (χ1v) is 8.17. The minimum absolute atomic E-state index is 0.312. The molecule has 0 radical (unpaired) electrons. The molecular formula is C18H27NO3. The molecule has 0 unspecified atom stereocenters. The average Bonchev–Trinajstić information content (AvgIpc) is 2.50. The highest BCUT2D eigenvalue weighted by Gasteiger charge is 2.34. The summed E-state index contributed by atoms with van der Waals surface area (Å²) in [5.74, 6) is 0.336. The van der Waals surface area contributed by atoms with Gasteiger partial charge in [0.1, 0.15) is 0 Å². The van der Waals surface area contributed by atoms with E-state index in [1.165, 1.54) is 0 Å². The number of likely N-dealkylation sites (tertiary alicyclic amines) is 1. The van der Waals surface area contributed by atoms with Crippen LogP contribution in [0.3, 0.4) is 0 Å². The largest absolute Gasteiger partial charge is 0.462 e. The van der Waals surface area contributed by atoms with Crippen molar-refractivity contribution in [2.45, 2.75) is 39.2 Å². The molecule has 0 amide bonds. The van der Waals surface area contributed by atoms with Crippen molar-refractivity contribution in [3.63, 3.8) is 0 Å². The van der Waals surface area contributed by atoms with E-state index >= 15 is 0 Å². The average molecular weight is 305 g/mol. The monoisotopic (exact) mass is 305 g/mol. The van der Waals surface area contributed by atoms with E-state index in [4.69, 9.17) is 4.74 Å². The predicted molar refractivity (Wildman–Crippen MR) is 86.8 cm³/mol. The molecule has 0 spiro atoms.